The molecule has 0 saturated heterocycles. The molecule has 0 bridgehead atoms. The Bertz CT molecular complexity index is 683. The zero-order valence-electron chi connectivity index (χ0n) is 14.6. The van der Waals surface area contributed by atoms with E-state index in [1.54, 1.807) is 0 Å². The van der Waals surface area contributed by atoms with Crippen LogP contribution >= 0.6 is 0 Å². The Kier molecular flexibility index (Phi) is 6.83. The molecule has 0 aliphatic heterocycles. The van der Waals surface area contributed by atoms with Gasteiger partial charge in [-0.05, 0) is 57.2 Å². The maximum absolute atomic E-state index is 12.7. The largest absolute Gasteiger partial charge is 0.449 e. The van der Waals surface area contributed by atoms with Gasteiger partial charge in [0.2, 0.25) is 0 Å². The lowest BCUT2D eigenvalue weighted by Crippen LogP contribution is -2.36. The van der Waals surface area contributed by atoms with Crippen molar-refractivity contribution in [3.63, 3.8) is 0 Å². The van der Waals surface area contributed by atoms with Crippen molar-refractivity contribution in [2.75, 3.05) is 6.54 Å². The van der Waals surface area contributed by atoms with Gasteiger partial charge in [0.15, 0.2) is 6.10 Å². The van der Waals surface area contributed by atoms with E-state index < -0.39 is 29.7 Å². The normalized spacial score (nSPS) is 15.8. The zero-order valence-corrected chi connectivity index (χ0v) is 14.6. The lowest BCUT2D eigenvalue weighted by Gasteiger charge is -2.16. The summed E-state index contributed by atoms with van der Waals surface area (Å²) in [6.45, 7) is 1.83. The van der Waals surface area contributed by atoms with Crippen molar-refractivity contribution in [1.29, 1.82) is 0 Å². The maximum atomic E-state index is 12.7. The fraction of sp³-hybridized carbons (Fsp3) is 0.474. The Morgan fingerprint density at radius 2 is 2.04 bits per heavy atom. The smallest absolute Gasteiger partial charge is 0.416 e. The highest BCUT2D eigenvalue weighted by molar-refractivity contribution is 5.92. The molecule has 0 unspecified atom stereocenters. The summed E-state index contributed by atoms with van der Waals surface area (Å²) in [6.07, 6.45) is 1.75. The quantitative estimate of drug-likeness (QED) is 0.602. The molecule has 0 radical (unpaired) electrons. The van der Waals surface area contributed by atoms with Crippen LogP contribution in [0.1, 0.15) is 54.9 Å². The van der Waals surface area contributed by atoms with Gasteiger partial charge >= 0.3 is 12.1 Å². The van der Waals surface area contributed by atoms with E-state index in [0.29, 0.717) is 12.6 Å². The van der Waals surface area contributed by atoms with Crippen LogP contribution in [0.4, 0.5) is 13.2 Å². The Labute approximate surface area is 150 Å². The van der Waals surface area contributed by atoms with Gasteiger partial charge < -0.3 is 10.1 Å². The summed E-state index contributed by atoms with van der Waals surface area (Å²) in [5.41, 5.74) is 0.127. The number of carbonyl (C=O) groups is 2. The average Bonchev–Trinajstić information content (AvgIpc) is 2.61. The first-order valence-corrected chi connectivity index (χ1v) is 8.61. The average molecular weight is 369 g/mol. The van der Waals surface area contributed by atoms with Crippen molar-refractivity contribution < 1.29 is 27.5 Å². The van der Waals surface area contributed by atoms with E-state index in [1.165, 1.54) is 25.0 Å². The predicted octanol–water partition coefficient (Wildman–Crippen LogP) is 4.26. The van der Waals surface area contributed by atoms with Gasteiger partial charge in [0.1, 0.15) is 0 Å². The Morgan fingerprint density at radius 3 is 2.69 bits per heavy atom. The molecule has 0 heterocycles. The summed E-state index contributed by atoms with van der Waals surface area (Å²) in [5, 5.41) is 2.69. The number of hydrogen-bond donors (Lipinski definition) is 1. The van der Waals surface area contributed by atoms with Crippen LogP contribution in [0.3, 0.4) is 0 Å². The van der Waals surface area contributed by atoms with E-state index >= 15 is 0 Å². The molecule has 26 heavy (non-hydrogen) atoms. The number of benzene rings is 1. The minimum atomic E-state index is -4.55. The van der Waals surface area contributed by atoms with E-state index in [1.807, 2.05) is 0 Å². The zero-order chi connectivity index (χ0) is 19.2. The second-order valence-electron chi connectivity index (χ2n) is 6.28. The first-order chi connectivity index (χ1) is 12.3. The first kappa shape index (κ1) is 20.0. The molecule has 0 spiro atoms. The van der Waals surface area contributed by atoms with Crippen LogP contribution < -0.4 is 5.32 Å². The molecule has 0 aromatic heterocycles. The Hall–Kier alpha value is -2.31. The van der Waals surface area contributed by atoms with Gasteiger partial charge in [0, 0.05) is 6.54 Å². The Morgan fingerprint density at radius 1 is 1.27 bits per heavy atom. The van der Waals surface area contributed by atoms with Gasteiger partial charge in [-0.3, -0.25) is 4.79 Å². The molecule has 4 nitrogen and oxygen atoms in total. The van der Waals surface area contributed by atoms with Crippen LogP contribution in [-0.4, -0.2) is 24.5 Å². The molecule has 1 amide bonds. The maximum Gasteiger partial charge on any atom is 0.416 e. The number of amides is 1. The Balaban J connectivity index is 1.84. The third kappa shape index (κ3) is 5.89. The SMILES string of the molecule is C[C@H](OC(=O)c1cccc(C(F)(F)F)c1)C(=O)NCCC1=CCCCC1. The number of ether oxygens (including phenoxy) is 1. The van der Waals surface area contributed by atoms with Gasteiger partial charge in [-0.25, -0.2) is 4.79 Å². The fourth-order valence-electron chi connectivity index (χ4n) is 2.73. The van der Waals surface area contributed by atoms with Crippen LogP contribution in [0.15, 0.2) is 35.9 Å². The summed E-state index contributed by atoms with van der Waals surface area (Å²) >= 11 is 0. The first-order valence-electron chi connectivity index (χ1n) is 8.61. The van der Waals surface area contributed by atoms with Crippen molar-refractivity contribution in [1.82, 2.24) is 5.32 Å². The third-order valence-electron chi connectivity index (χ3n) is 4.21. The van der Waals surface area contributed by atoms with Gasteiger partial charge in [-0.2, -0.15) is 13.2 Å². The van der Waals surface area contributed by atoms with Crippen molar-refractivity contribution in [3.05, 3.63) is 47.0 Å². The topological polar surface area (TPSA) is 55.4 Å². The van der Waals surface area contributed by atoms with E-state index in [-0.39, 0.29) is 5.56 Å². The number of allylic oxidation sites excluding steroid dienone is 1. The fourth-order valence-corrected chi connectivity index (χ4v) is 2.73. The summed E-state index contributed by atoms with van der Waals surface area (Å²) in [7, 11) is 0. The van der Waals surface area contributed by atoms with Gasteiger partial charge in [0.05, 0.1) is 11.1 Å². The minimum Gasteiger partial charge on any atom is -0.449 e. The molecule has 1 aliphatic rings. The predicted molar refractivity (Wildman–Crippen MR) is 90.5 cm³/mol. The molecule has 1 aromatic carbocycles. The molecule has 1 aromatic rings. The molecular formula is C19H22F3NO3. The van der Waals surface area contributed by atoms with E-state index in [2.05, 4.69) is 11.4 Å². The van der Waals surface area contributed by atoms with Crippen LogP contribution in [0.2, 0.25) is 0 Å². The van der Waals surface area contributed by atoms with Gasteiger partial charge in [-0.1, -0.05) is 17.7 Å². The van der Waals surface area contributed by atoms with E-state index in [0.717, 1.165) is 37.8 Å². The van der Waals surface area contributed by atoms with E-state index in [9.17, 15) is 22.8 Å². The van der Waals surface area contributed by atoms with Gasteiger partial charge in [-0.15, -0.1) is 0 Å². The number of halogens is 3. The number of esters is 1. The van der Waals surface area contributed by atoms with Crippen molar-refractivity contribution in [2.45, 2.75) is 51.3 Å². The molecule has 0 saturated carbocycles. The number of alkyl halides is 3. The summed E-state index contributed by atoms with van der Waals surface area (Å²) in [5.74, 6) is -1.43. The van der Waals surface area contributed by atoms with Crippen molar-refractivity contribution >= 4 is 11.9 Å². The highest BCUT2D eigenvalue weighted by Gasteiger charge is 2.31. The highest BCUT2D eigenvalue weighted by atomic mass is 19.4. The van der Waals surface area contributed by atoms with Crippen LogP contribution in [0, 0.1) is 0 Å². The second-order valence-corrected chi connectivity index (χ2v) is 6.28. The third-order valence-corrected chi connectivity index (χ3v) is 4.21. The minimum absolute atomic E-state index is 0.244. The number of hydrogen-bond acceptors (Lipinski definition) is 3. The molecule has 2 rings (SSSR count). The summed E-state index contributed by atoms with van der Waals surface area (Å²) in [6, 6.07) is 3.93. The highest BCUT2D eigenvalue weighted by Crippen LogP contribution is 2.29. The van der Waals surface area contributed by atoms with Crippen LogP contribution in [-0.2, 0) is 15.7 Å². The number of nitrogens with one attached hydrogen (secondary N) is 1. The molecule has 7 heteroatoms. The number of carbonyl (C=O) groups excluding carboxylic acids is 2. The van der Waals surface area contributed by atoms with E-state index in [4.69, 9.17) is 4.74 Å². The number of rotatable bonds is 6. The summed E-state index contributed by atoms with van der Waals surface area (Å²) in [4.78, 5) is 24.0. The van der Waals surface area contributed by atoms with Crippen LogP contribution in [0.25, 0.3) is 0 Å². The standard InChI is InChI=1S/C19H22F3NO3/c1-13(17(24)23-11-10-14-6-3-2-4-7-14)26-18(25)15-8-5-9-16(12-15)19(20,21)22/h5-6,8-9,12-13H,2-4,7,10-11H2,1H3,(H,23,24)/t13-/m0/s1. The van der Waals surface area contributed by atoms with Crippen LogP contribution in [0.5, 0.6) is 0 Å². The lowest BCUT2D eigenvalue weighted by atomic mass is 9.97. The monoisotopic (exact) mass is 369 g/mol. The van der Waals surface area contributed by atoms with Crippen molar-refractivity contribution in [3.8, 4) is 0 Å². The van der Waals surface area contributed by atoms with Gasteiger partial charge in [0.25, 0.3) is 5.91 Å². The molecule has 1 atom stereocenters. The van der Waals surface area contributed by atoms with Crippen molar-refractivity contribution in [2.24, 2.45) is 0 Å². The molecule has 1 aliphatic carbocycles. The summed E-state index contributed by atoms with van der Waals surface area (Å²) < 4.78 is 43.1. The molecule has 142 valence electrons. The molecule has 0 fully saturated rings. The molecular weight excluding hydrogens is 347 g/mol. The lowest BCUT2D eigenvalue weighted by molar-refractivity contribution is -0.137. The second kappa shape index (κ2) is 8.87. The molecule has 1 N–H and O–H groups in total.